The molecule has 0 spiro atoms. The highest BCUT2D eigenvalue weighted by Gasteiger charge is 2.23. The third-order valence-corrected chi connectivity index (χ3v) is 3.46. The molecule has 1 atom stereocenters. The summed E-state index contributed by atoms with van der Waals surface area (Å²) in [4.78, 5) is 12.8. The Hall–Kier alpha value is -1.33. The molecule has 0 aromatic heterocycles. The topological polar surface area (TPSA) is 58.4 Å². The van der Waals surface area contributed by atoms with Crippen LogP contribution in [0.1, 0.15) is 12.8 Å². The van der Waals surface area contributed by atoms with Gasteiger partial charge in [0.05, 0.1) is 4.92 Å². The maximum atomic E-state index is 11.0. The van der Waals surface area contributed by atoms with E-state index in [1.165, 1.54) is 6.07 Å². The van der Waals surface area contributed by atoms with Crippen LogP contribution in [0.3, 0.4) is 0 Å². The van der Waals surface area contributed by atoms with Crippen LogP contribution >= 0.6 is 11.6 Å². The van der Waals surface area contributed by atoms with Gasteiger partial charge >= 0.3 is 5.69 Å². The Kier molecular flexibility index (Phi) is 4.04. The summed E-state index contributed by atoms with van der Waals surface area (Å²) in [6.07, 6.45) is 2.12. The van der Waals surface area contributed by atoms with Gasteiger partial charge in [0.25, 0.3) is 0 Å². The first kappa shape index (κ1) is 13.1. The van der Waals surface area contributed by atoms with Gasteiger partial charge < -0.3 is 10.2 Å². The number of benzene rings is 1. The van der Waals surface area contributed by atoms with E-state index in [-0.39, 0.29) is 16.8 Å². The highest BCUT2D eigenvalue weighted by molar-refractivity contribution is 6.33. The van der Waals surface area contributed by atoms with E-state index in [1.807, 2.05) is 0 Å². The first-order chi connectivity index (χ1) is 8.58. The molecule has 5 nitrogen and oxygen atoms in total. The lowest BCUT2D eigenvalue weighted by Gasteiger charge is -2.30. The van der Waals surface area contributed by atoms with Crippen molar-refractivity contribution in [3.8, 4) is 0 Å². The molecule has 0 radical (unpaired) electrons. The summed E-state index contributed by atoms with van der Waals surface area (Å²) >= 11 is 5.88. The quantitative estimate of drug-likeness (QED) is 0.677. The first-order valence-corrected chi connectivity index (χ1v) is 6.33. The number of hydrogen-bond donors (Lipinski definition) is 1. The lowest BCUT2D eigenvalue weighted by Crippen LogP contribution is -2.39. The summed E-state index contributed by atoms with van der Waals surface area (Å²) in [5.41, 5.74) is 0.472. The second-order valence-electron chi connectivity index (χ2n) is 4.64. The average Bonchev–Trinajstić information content (AvgIpc) is 2.28. The third kappa shape index (κ3) is 2.91. The summed E-state index contributed by atoms with van der Waals surface area (Å²) < 4.78 is 0. The maximum Gasteiger partial charge on any atom is 0.310 e. The minimum Gasteiger partial charge on any atom is -0.375 e. The normalized spacial score (nSPS) is 20.7. The molecule has 1 aliphatic heterocycles. The van der Waals surface area contributed by atoms with E-state index >= 15 is 0 Å². The number of nitrogens with zero attached hydrogens (tertiary/aromatic N) is 2. The van der Waals surface area contributed by atoms with E-state index in [9.17, 15) is 10.1 Å². The van der Waals surface area contributed by atoms with Crippen LogP contribution in [-0.2, 0) is 0 Å². The Balaban J connectivity index is 2.18. The van der Waals surface area contributed by atoms with Crippen LogP contribution in [0, 0.1) is 10.1 Å². The summed E-state index contributed by atoms with van der Waals surface area (Å²) in [5.74, 6) is 0. The van der Waals surface area contributed by atoms with E-state index in [1.54, 1.807) is 12.1 Å². The molecule has 1 N–H and O–H groups in total. The van der Waals surface area contributed by atoms with Crippen LogP contribution in [0.25, 0.3) is 0 Å². The van der Waals surface area contributed by atoms with Crippen molar-refractivity contribution < 1.29 is 4.92 Å². The van der Waals surface area contributed by atoms with Gasteiger partial charge in [-0.3, -0.25) is 10.1 Å². The van der Waals surface area contributed by atoms with Gasteiger partial charge in [0.15, 0.2) is 0 Å². The van der Waals surface area contributed by atoms with Gasteiger partial charge in [0.2, 0.25) is 0 Å². The van der Waals surface area contributed by atoms with E-state index in [0.717, 1.165) is 25.9 Å². The summed E-state index contributed by atoms with van der Waals surface area (Å²) in [6, 6.07) is 5.21. The monoisotopic (exact) mass is 269 g/mol. The molecular weight excluding hydrogens is 254 g/mol. The Labute approximate surface area is 111 Å². The van der Waals surface area contributed by atoms with E-state index in [2.05, 4.69) is 17.3 Å². The maximum absolute atomic E-state index is 11.0. The van der Waals surface area contributed by atoms with Crippen molar-refractivity contribution in [3.63, 3.8) is 0 Å². The van der Waals surface area contributed by atoms with Crippen molar-refractivity contribution >= 4 is 23.0 Å². The van der Waals surface area contributed by atoms with Crippen LogP contribution in [-0.4, -0.2) is 36.0 Å². The lowest BCUT2D eigenvalue weighted by molar-refractivity contribution is -0.383. The number of nitro benzene ring substituents is 1. The molecule has 6 heteroatoms. The van der Waals surface area contributed by atoms with Gasteiger partial charge in [-0.2, -0.15) is 0 Å². The molecule has 2 rings (SSSR count). The Morgan fingerprint density at radius 2 is 2.33 bits per heavy atom. The average molecular weight is 270 g/mol. The Bertz CT molecular complexity index is 453. The zero-order chi connectivity index (χ0) is 13.1. The third-order valence-electron chi connectivity index (χ3n) is 3.15. The largest absolute Gasteiger partial charge is 0.375 e. The molecule has 1 fully saturated rings. The number of nitrogens with one attached hydrogen (secondary N) is 1. The fourth-order valence-electron chi connectivity index (χ4n) is 2.32. The highest BCUT2D eigenvalue weighted by atomic mass is 35.5. The van der Waals surface area contributed by atoms with E-state index < -0.39 is 4.92 Å². The number of anilines is 1. The molecule has 0 saturated carbocycles. The molecule has 1 unspecified atom stereocenters. The van der Waals surface area contributed by atoms with Gasteiger partial charge in [-0.1, -0.05) is 17.7 Å². The summed E-state index contributed by atoms with van der Waals surface area (Å²) in [5, 5.41) is 14.4. The van der Waals surface area contributed by atoms with E-state index in [0.29, 0.717) is 5.69 Å². The minimum absolute atomic E-state index is 0.0348. The van der Waals surface area contributed by atoms with Crippen LogP contribution in [0.5, 0.6) is 0 Å². The molecule has 1 aromatic carbocycles. The molecular formula is C12H16ClN3O2. The van der Waals surface area contributed by atoms with Gasteiger partial charge in [0, 0.05) is 12.6 Å². The molecule has 18 heavy (non-hydrogen) atoms. The SMILES string of the molecule is CN1CCCC(Nc2cccc(Cl)c2[N+](=O)[O-])C1. The molecule has 98 valence electrons. The molecule has 1 aromatic rings. The number of para-hydroxylation sites is 1. The molecule has 0 amide bonds. The molecule has 0 aliphatic carbocycles. The van der Waals surface area contributed by atoms with Gasteiger partial charge in [-0.05, 0) is 38.6 Å². The van der Waals surface area contributed by atoms with Crippen LogP contribution in [0.4, 0.5) is 11.4 Å². The first-order valence-electron chi connectivity index (χ1n) is 5.96. The zero-order valence-electron chi connectivity index (χ0n) is 10.2. The predicted octanol–water partition coefficient (Wildman–Crippen LogP) is 2.75. The number of nitro groups is 1. The fraction of sp³-hybridized carbons (Fsp3) is 0.500. The van der Waals surface area contributed by atoms with Crippen LogP contribution < -0.4 is 5.32 Å². The van der Waals surface area contributed by atoms with E-state index in [4.69, 9.17) is 11.6 Å². The number of likely N-dealkylation sites (tertiary alicyclic amines) is 1. The zero-order valence-corrected chi connectivity index (χ0v) is 11.0. The molecule has 1 saturated heterocycles. The molecule has 1 aliphatic rings. The van der Waals surface area contributed by atoms with Crippen molar-refractivity contribution in [1.29, 1.82) is 0 Å². The van der Waals surface area contributed by atoms with Crippen molar-refractivity contribution in [3.05, 3.63) is 33.3 Å². The summed E-state index contributed by atoms with van der Waals surface area (Å²) in [6.45, 7) is 1.97. The predicted molar refractivity (Wildman–Crippen MR) is 72.2 cm³/mol. The van der Waals surface area contributed by atoms with Crippen LogP contribution in [0.2, 0.25) is 5.02 Å². The Morgan fingerprint density at radius 3 is 3.00 bits per heavy atom. The second-order valence-corrected chi connectivity index (χ2v) is 5.05. The fourth-order valence-corrected chi connectivity index (χ4v) is 2.57. The smallest absolute Gasteiger partial charge is 0.310 e. The van der Waals surface area contributed by atoms with Crippen LogP contribution in [0.15, 0.2) is 18.2 Å². The minimum atomic E-state index is -0.433. The second kappa shape index (κ2) is 5.54. The lowest BCUT2D eigenvalue weighted by atomic mass is 10.1. The van der Waals surface area contributed by atoms with Gasteiger partial charge in [-0.15, -0.1) is 0 Å². The number of rotatable bonds is 3. The molecule has 0 bridgehead atoms. The number of likely N-dealkylation sites (N-methyl/N-ethyl adjacent to an activating group) is 1. The molecule has 1 heterocycles. The van der Waals surface area contributed by atoms with Crippen molar-refractivity contribution in [2.75, 3.05) is 25.5 Å². The summed E-state index contributed by atoms with van der Waals surface area (Å²) in [7, 11) is 2.06. The van der Waals surface area contributed by atoms with Gasteiger partial charge in [-0.25, -0.2) is 0 Å². The van der Waals surface area contributed by atoms with Crippen molar-refractivity contribution in [1.82, 2.24) is 4.90 Å². The standard InChI is InChI=1S/C12H16ClN3O2/c1-15-7-3-4-9(8-15)14-11-6-2-5-10(13)12(11)16(17)18/h2,5-6,9,14H,3-4,7-8H2,1H3. The van der Waals surface area contributed by atoms with Crippen molar-refractivity contribution in [2.24, 2.45) is 0 Å². The number of piperidine rings is 1. The Morgan fingerprint density at radius 1 is 1.56 bits per heavy atom. The number of halogens is 1. The van der Waals surface area contributed by atoms with Crippen molar-refractivity contribution in [2.45, 2.75) is 18.9 Å². The highest BCUT2D eigenvalue weighted by Crippen LogP contribution is 2.33. The van der Waals surface area contributed by atoms with Gasteiger partial charge in [0.1, 0.15) is 10.7 Å². The number of hydrogen-bond acceptors (Lipinski definition) is 4.